The lowest BCUT2D eigenvalue weighted by atomic mass is 10.1. The lowest BCUT2D eigenvalue weighted by Crippen LogP contribution is -2.15. The second-order valence-electron chi connectivity index (χ2n) is 6.23. The van der Waals surface area contributed by atoms with E-state index in [4.69, 9.17) is 10.5 Å². The van der Waals surface area contributed by atoms with Gasteiger partial charge in [0.15, 0.2) is 0 Å². The molecule has 2 rings (SSSR count). The number of ether oxygens (including phenoxy) is 1. The molecule has 2 amide bonds. The molecule has 1 aromatic carbocycles. The van der Waals surface area contributed by atoms with Crippen molar-refractivity contribution in [3.8, 4) is 0 Å². The second kappa shape index (κ2) is 9.32. The first-order valence-electron chi connectivity index (χ1n) is 8.79. The number of amides is 2. The fraction of sp³-hybridized carbons (Fsp3) is 0.350. The van der Waals surface area contributed by atoms with Crippen molar-refractivity contribution >= 4 is 34.1 Å². The molecule has 0 spiro atoms. The fourth-order valence-corrected chi connectivity index (χ4v) is 3.75. The van der Waals surface area contributed by atoms with E-state index in [2.05, 4.69) is 5.32 Å². The van der Waals surface area contributed by atoms with Crippen molar-refractivity contribution in [1.82, 2.24) is 0 Å². The zero-order chi connectivity index (χ0) is 20.0. The van der Waals surface area contributed by atoms with Gasteiger partial charge in [-0.1, -0.05) is 29.8 Å². The van der Waals surface area contributed by atoms with Crippen LogP contribution in [0.1, 0.15) is 56.5 Å². The molecule has 7 heteroatoms. The van der Waals surface area contributed by atoms with Gasteiger partial charge in [-0.2, -0.15) is 0 Å². The van der Waals surface area contributed by atoms with E-state index in [1.807, 2.05) is 31.2 Å². The Hall–Kier alpha value is -2.67. The summed E-state index contributed by atoms with van der Waals surface area (Å²) < 4.78 is 5.04. The van der Waals surface area contributed by atoms with Gasteiger partial charge in [0, 0.05) is 6.42 Å². The Morgan fingerprint density at radius 2 is 1.81 bits per heavy atom. The highest BCUT2D eigenvalue weighted by Gasteiger charge is 2.25. The van der Waals surface area contributed by atoms with Crippen molar-refractivity contribution in [2.45, 2.75) is 40.0 Å². The molecule has 0 aliphatic rings. The Morgan fingerprint density at radius 1 is 1.15 bits per heavy atom. The fourth-order valence-electron chi connectivity index (χ4n) is 2.68. The van der Waals surface area contributed by atoms with Crippen LogP contribution in [0.4, 0.5) is 5.00 Å². The first kappa shape index (κ1) is 20.6. The van der Waals surface area contributed by atoms with Crippen LogP contribution in [-0.4, -0.2) is 24.4 Å². The molecule has 27 heavy (non-hydrogen) atoms. The molecule has 1 aromatic heterocycles. The highest BCUT2D eigenvalue weighted by molar-refractivity contribution is 7.18. The number of nitrogens with one attached hydrogen (secondary N) is 1. The van der Waals surface area contributed by atoms with Gasteiger partial charge in [0.2, 0.25) is 5.91 Å². The molecule has 6 nitrogen and oxygen atoms in total. The maximum absolute atomic E-state index is 12.3. The van der Waals surface area contributed by atoms with Crippen molar-refractivity contribution in [3.63, 3.8) is 0 Å². The summed E-state index contributed by atoms with van der Waals surface area (Å²) in [6.45, 7) is 5.54. The maximum Gasteiger partial charge on any atom is 0.341 e. The Morgan fingerprint density at radius 3 is 2.41 bits per heavy atom. The summed E-state index contributed by atoms with van der Waals surface area (Å²) in [7, 11) is 0. The molecule has 0 fully saturated rings. The Balaban J connectivity index is 2.05. The minimum atomic E-state index is -0.636. The summed E-state index contributed by atoms with van der Waals surface area (Å²) in [5, 5.41) is 3.04. The molecule has 0 saturated carbocycles. The van der Waals surface area contributed by atoms with Crippen LogP contribution in [0.5, 0.6) is 0 Å². The first-order valence-corrected chi connectivity index (χ1v) is 9.60. The molecule has 2 aromatic rings. The normalized spacial score (nSPS) is 10.5. The van der Waals surface area contributed by atoms with Gasteiger partial charge in [-0.05, 0) is 44.7 Å². The van der Waals surface area contributed by atoms with Crippen molar-refractivity contribution in [2.75, 3.05) is 11.9 Å². The Labute approximate surface area is 162 Å². The third kappa shape index (κ3) is 5.40. The van der Waals surface area contributed by atoms with Crippen molar-refractivity contribution in [2.24, 2.45) is 5.73 Å². The molecule has 3 N–H and O–H groups in total. The molecule has 0 radical (unpaired) electrons. The van der Waals surface area contributed by atoms with Gasteiger partial charge in [-0.3, -0.25) is 9.59 Å². The van der Waals surface area contributed by atoms with Crippen LogP contribution >= 0.6 is 11.3 Å². The summed E-state index contributed by atoms with van der Waals surface area (Å²) in [6.07, 6.45) is 1.77. The van der Waals surface area contributed by atoms with Crippen LogP contribution in [0.25, 0.3) is 0 Å². The predicted molar refractivity (Wildman–Crippen MR) is 106 cm³/mol. The van der Waals surface area contributed by atoms with E-state index in [0.29, 0.717) is 23.4 Å². The van der Waals surface area contributed by atoms with Crippen molar-refractivity contribution < 1.29 is 19.1 Å². The standard InChI is InChI=1S/C20H24N2O4S/c1-4-26-20(25)16-13(3)17(18(21)24)27-19(16)22-15(23)7-5-6-14-10-8-12(2)9-11-14/h8-11H,4-7H2,1-3H3,(H2,21,24)(H,22,23). The van der Waals surface area contributed by atoms with Crippen LogP contribution in [-0.2, 0) is 16.0 Å². The van der Waals surface area contributed by atoms with E-state index in [9.17, 15) is 14.4 Å². The number of hydrogen-bond donors (Lipinski definition) is 2. The number of nitrogens with two attached hydrogens (primary N) is 1. The van der Waals surface area contributed by atoms with E-state index >= 15 is 0 Å². The molecule has 0 aliphatic heterocycles. The third-order valence-electron chi connectivity index (χ3n) is 4.09. The predicted octanol–water partition coefficient (Wildman–Crippen LogP) is 3.60. The highest BCUT2D eigenvalue weighted by Crippen LogP contribution is 2.33. The molecule has 144 valence electrons. The number of rotatable bonds is 8. The Kier molecular flexibility index (Phi) is 7.12. The van der Waals surface area contributed by atoms with Gasteiger partial charge in [0.1, 0.15) is 5.00 Å². The number of esters is 1. The monoisotopic (exact) mass is 388 g/mol. The van der Waals surface area contributed by atoms with E-state index in [-0.39, 0.29) is 23.0 Å². The number of carbonyl (C=O) groups is 3. The van der Waals surface area contributed by atoms with Gasteiger partial charge in [-0.25, -0.2) is 4.79 Å². The van der Waals surface area contributed by atoms with E-state index < -0.39 is 11.9 Å². The average Bonchev–Trinajstić information content (AvgIpc) is 2.93. The molecule has 0 unspecified atom stereocenters. The highest BCUT2D eigenvalue weighted by atomic mass is 32.1. The van der Waals surface area contributed by atoms with Crippen LogP contribution in [0.3, 0.4) is 0 Å². The summed E-state index contributed by atoms with van der Waals surface area (Å²) >= 11 is 1.00. The van der Waals surface area contributed by atoms with Crippen LogP contribution < -0.4 is 11.1 Å². The van der Waals surface area contributed by atoms with Crippen LogP contribution in [0.2, 0.25) is 0 Å². The number of aryl methyl sites for hydroxylation is 2. The molecule has 0 atom stereocenters. The lowest BCUT2D eigenvalue weighted by molar-refractivity contribution is -0.116. The van der Waals surface area contributed by atoms with E-state index in [1.165, 1.54) is 11.1 Å². The SMILES string of the molecule is CCOC(=O)c1c(NC(=O)CCCc2ccc(C)cc2)sc(C(N)=O)c1C. The zero-order valence-electron chi connectivity index (χ0n) is 15.8. The average molecular weight is 388 g/mol. The largest absolute Gasteiger partial charge is 0.462 e. The van der Waals surface area contributed by atoms with Gasteiger partial charge >= 0.3 is 5.97 Å². The van der Waals surface area contributed by atoms with Gasteiger partial charge in [0.05, 0.1) is 17.0 Å². The quantitative estimate of drug-likeness (QED) is 0.675. The topological polar surface area (TPSA) is 98.5 Å². The number of hydrogen-bond acceptors (Lipinski definition) is 5. The lowest BCUT2D eigenvalue weighted by Gasteiger charge is -2.07. The zero-order valence-corrected chi connectivity index (χ0v) is 16.6. The summed E-state index contributed by atoms with van der Waals surface area (Å²) in [4.78, 5) is 36.3. The first-order chi connectivity index (χ1) is 12.8. The van der Waals surface area contributed by atoms with Crippen molar-refractivity contribution in [3.05, 3.63) is 51.4 Å². The molecule has 0 bridgehead atoms. The molecule has 0 aliphatic carbocycles. The number of carbonyl (C=O) groups excluding carboxylic acids is 3. The third-order valence-corrected chi connectivity index (χ3v) is 5.31. The van der Waals surface area contributed by atoms with Crippen molar-refractivity contribution in [1.29, 1.82) is 0 Å². The number of anilines is 1. The number of benzene rings is 1. The molecule has 1 heterocycles. The molecular weight excluding hydrogens is 364 g/mol. The Bertz CT molecular complexity index is 840. The van der Waals surface area contributed by atoms with Gasteiger partial charge < -0.3 is 15.8 Å². The number of primary amides is 1. The van der Waals surface area contributed by atoms with Gasteiger partial charge in [-0.15, -0.1) is 11.3 Å². The summed E-state index contributed by atoms with van der Waals surface area (Å²) in [6, 6.07) is 8.18. The van der Waals surface area contributed by atoms with E-state index in [0.717, 1.165) is 17.8 Å². The second-order valence-corrected chi connectivity index (χ2v) is 7.25. The summed E-state index contributed by atoms with van der Waals surface area (Å²) in [5.41, 5.74) is 8.36. The van der Waals surface area contributed by atoms with Crippen LogP contribution in [0, 0.1) is 13.8 Å². The molecular formula is C20H24N2O4S. The van der Waals surface area contributed by atoms with Gasteiger partial charge in [0.25, 0.3) is 5.91 Å². The number of thiophene rings is 1. The molecule has 0 saturated heterocycles. The summed E-state index contributed by atoms with van der Waals surface area (Å²) in [5.74, 6) is -1.43. The minimum Gasteiger partial charge on any atom is -0.462 e. The minimum absolute atomic E-state index is 0.197. The smallest absolute Gasteiger partial charge is 0.341 e. The maximum atomic E-state index is 12.3. The van der Waals surface area contributed by atoms with Crippen LogP contribution in [0.15, 0.2) is 24.3 Å². The van der Waals surface area contributed by atoms with E-state index in [1.54, 1.807) is 13.8 Å².